The highest BCUT2D eigenvalue weighted by atomic mass is 19.4. The van der Waals surface area contributed by atoms with E-state index in [4.69, 9.17) is 10.5 Å². The van der Waals surface area contributed by atoms with Gasteiger partial charge in [0.2, 0.25) is 0 Å². The van der Waals surface area contributed by atoms with Gasteiger partial charge in [0.05, 0.1) is 35.3 Å². The number of ether oxygens (including phenoxy) is 1. The Morgan fingerprint density at radius 1 is 0.911 bits per heavy atom. The molecular formula is C33H44F3N7O2. The van der Waals surface area contributed by atoms with Gasteiger partial charge in [0.1, 0.15) is 11.6 Å². The predicted molar refractivity (Wildman–Crippen MR) is 174 cm³/mol. The van der Waals surface area contributed by atoms with Gasteiger partial charge in [0.15, 0.2) is 0 Å². The summed E-state index contributed by atoms with van der Waals surface area (Å²) in [4.78, 5) is 21.2. The number of piperazine rings is 1. The predicted octanol–water partition coefficient (Wildman–Crippen LogP) is 6.38. The lowest BCUT2D eigenvalue weighted by molar-refractivity contribution is -0.137. The van der Waals surface area contributed by atoms with Gasteiger partial charge >= 0.3 is 6.18 Å². The van der Waals surface area contributed by atoms with Crippen molar-refractivity contribution in [3.8, 4) is 5.75 Å². The van der Waals surface area contributed by atoms with E-state index in [2.05, 4.69) is 30.7 Å². The average Bonchev–Trinajstić information content (AvgIpc) is 3.04. The van der Waals surface area contributed by atoms with Crippen LogP contribution in [0.15, 0.2) is 54.7 Å². The summed E-state index contributed by atoms with van der Waals surface area (Å²) in [6.45, 7) is 5.68. The summed E-state index contributed by atoms with van der Waals surface area (Å²) in [5.41, 5.74) is 6.41. The number of pyridine rings is 1. The Bertz CT molecular complexity index is 1390. The number of aromatic nitrogens is 1. The normalized spacial score (nSPS) is 13.9. The van der Waals surface area contributed by atoms with E-state index in [1.54, 1.807) is 25.3 Å². The number of nitrogens with zero attached hydrogens (tertiary/aromatic N) is 3. The smallest absolute Gasteiger partial charge is 0.419 e. The molecule has 0 radical (unpaired) electrons. The number of anilines is 5. The first kappa shape index (κ1) is 33.9. The number of rotatable bonds is 15. The number of benzene rings is 2. The fourth-order valence-electron chi connectivity index (χ4n) is 5.46. The summed E-state index contributed by atoms with van der Waals surface area (Å²) in [5, 5.41) is 8.40. The summed E-state index contributed by atoms with van der Waals surface area (Å²) in [5.74, 6) is 0.308. The number of nitrogens with one attached hydrogen (secondary N) is 3. The Morgan fingerprint density at radius 3 is 2.31 bits per heavy atom. The van der Waals surface area contributed by atoms with E-state index >= 15 is 0 Å². The number of para-hydroxylation sites is 1. The summed E-state index contributed by atoms with van der Waals surface area (Å²) < 4.78 is 47.4. The van der Waals surface area contributed by atoms with Crippen LogP contribution in [0.3, 0.4) is 0 Å². The molecule has 9 nitrogen and oxygen atoms in total. The van der Waals surface area contributed by atoms with E-state index in [1.165, 1.54) is 51.3 Å². The van der Waals surface area contributed by atoms with Crippen molar-refractivity contribution in [2.75, 3.05) is 69.0 Å². The molecule has 1 fully saturated rings. The molecule has 0 bridgehead atoms. The number of hydrogen-bond acceptors (Lipinski definition) is 8. The molecule has 0 atom stereocenters. The number of hydrogen-bond donors (Lipinski definition) is 4. The second-order valence-electron chi connectivity index (χ2n) is 11.1. The molecule has 0 aliphatic carbocycles. The third-order valence-corrected chi connectivity index (χ3v) is 7.99. The molecule has 1 aliphatic rings. The molecule has 1 amide bonds. The van der Waals surface area contributed by atoms with Gasteiger partial charge < -0.3 is 31.3 Å². The third-order valence-electron chi connectivity index (χ3n) is 7.99. The highest BCUT2D eigenvalue weighted by Crippen LogP contribution is 2.39. The van der Waals surface area contributed by atoms with Crippen LogP contribution in [0, 0.1) is 0 Å². The van der Waals surface area contributed by atoms with Crippen molar-refractivity contribution in [2.45, 2.75) is 44.7 Å². The molecule has 0 spiro atoms. The lowest BCUT2D eigenvalue weighted by atomic mass is 10.1. The molecule has 3 aromatic rings. The standard InChI is InChI=1S/C33H44F3N7O2/c1-38-32(44)25-11-7-8-12-27(25)40-29-22-31(39-23-26(29)33(34,35)36)41-28-14-13-24(21-30(28)45-2)43-19-17-42(18-20-43)16-10-6-4-3-5-9-15-37/h7-8,11-14,21-23H,3-6,9-10,15-20,37H2,1-2H3,(H,38,44)(H2,39,40,41). The van der Waals surface area contributed by atoms with E-state index < -0.39 is 17.6 Å². The van der Waals surface area contributed by atoms with Gasteiger partial charge in [0.25, 0.3) is 5.91 Å². The maximum Gasteiger partial charge on any atom is 0.419 e. The zero-order chi connectivity index (χ0) is 32.2. The van der Waals surface area contributed by atoms with E-state index in [0.717, 1.165) is 57.6 Å². The number of methoxy groups -OCH3 is 1. The highest BCUT2D eigenvalue weighted by Gasteiger charge is 2.34. The van der Waals surface area contributed by atoms with Crippen LogP contribution >= 0.6 is 0 Å². The second-order valence-corrected chi connectivity index (χ2v) is 11.1. The van der Waals surface area contributed by atoms with E-state index in [1.807, 2.05) is 18.2 Å². The molecule has 0 unspecified atom stereocenters. The zero-order valence-electron chi connectivity index (χ0n) is 26.1. The van der Waals surface area contributed by atoms with Crippen LogP contribution < -0.4 is 31.3 Å². The summed E-state index contributed by atoms with van der Waals surface area (Å²) in [6.07, 6.45) is 3.45. The van der Waals surface area contributed by atoms with Gasteiger partial charge in [-0.1, -0.05) is 37.8 Å². The summed E-state index contributed by atoms with van der Waals surface area (Å²) in [7, 11) is 3.02. The van der Waals surface area contributed by atoms with Gasteiger partial charge in [-0.25, -0.2) is 4.98 Å². The van der Waals surface area contributed by atoms with Crippen LogP contribution in [0.5, 0.6) is 5.75 Å². The van der Waals surface area contributed by atoms with Crippen molar-refractivity contribution >= 4 is 34.5 Å². The topological polar surface area (TPSA) is 108 Å². The highest BCUT2D eigenvalue weighted by molar-refractivity contribution is 6.00. The van der Waals surface area contributed by atoms with Crippen LogP contribution in [0.2, 0.25) is 0 Å². The molecule has 1 aliphatic heterocycles. The van der Waals surface area contributed by atoms with Crippen molar-refractivity contribution in [2.24, 2.45) is 5.73 Å². The van der Waals surface area contributed by atoms with Crippen molar-refractivity contribution < 1.29 is 22.7 Å². The lowest BCUT2D eigenvalue weighted by Crippen LogP contribution is -2.46. The minimum atomic E-state index is -4.66. The van der Waals surface area contributed by atoms with Gasteiger partial charge in [-0.05, 0) is 50.2 Å². The van der Waals surface area contributed by atoms with E-state index in [9.17, 15) is 18.0 Å². The van der Waals surface area contributed by atoms with E-state index in [-0.39, 0.29) is 22.8 Å². The van der Waals surface area contributed by atoms with Crippen molar-refractivity contribution in [3.63, 3.8) is 0 Å². The molecule has 1 saturated heterocycles. The SMILES string of the molecule is CNC(=O)c1ccccc1Nc1cc(Nc2ccc(N3CCN(CCCCCCCCN)CC3)cc2OC)ncc1C(F)(F)F. The fraction of sp³-hybridized carbons (Fsp3) is 0.455. The summed E-state index contributed by atoms with van der Waals surface area (Å²) >= 11 is 0. The monoisotopic (exact) mass is 627 g/mol. The van der Waals surface area contributed by atoms with Crippen LogP contribution in [0.1, 0.15) is 54.4 Å². The Balaban J connectivity index is 1.42. The van der Waals surface area contributed by atoms with Gasteiger partial charge in [0, 0.05) is 57.2 Å². The fourth-order valence-corrected chi connectivity index (χ4v) is 5.46. The Kier molecular flexibility index (Phi) is 12.3. The number of halogens is 3. The molecule has 1 aromatic heterocycles. The van der Waals surface area contributed by atoms with Crippen LogP contribution in [-0.4, -0.2) is 69.2 Å². The number of unbranched alkanes of at least 4 members (excludes halogenated alkanes) is 5. The maximum absolute atomic E-state index is 13.9. The number of nitrogens with two attached hydrogens (primary N) is 1. The lowest BCUT2D eigenvalue weighted by Gasteiger charge is -2.36. The number of alkyl halides is 3. The number of carbonyl (C=O) groups excluding carboxylic acids is 1. The third kappa shape index (κ3) is 9.48. The molecule has 5 N–H and O–H groups in total. The molecule has 4 rings (SSSR count). The van der Waals surface area contributed by atoms with Crippen LogP contribution in [0.25, 0.3) is 0 Å². The molecule has 12 heteroatoms. The largest absolute Gasteiger partial charge is 0.494 e. The van der Waals surface area contributed by atoms with Crippen LogP contribution in [-0.2, 0) is 6.18 Å². The quantitative estimate of drug-likeness (QED) is 0.144. The molecule has 2 aromatic carbocycles. The van der Waals surface area contributed by atoms with E-state index in [0.29, 0.717) is 11.4 Å². The van der Waals surface area contributed by atoms with Crippen LogP contribution in [0.4, 0.5) is 41.7 Å². The molecule has 2 heterocycles. The minimum absolute atomic E-state index is 0.182. The minimum Gasteiger partial charge on any atom is -0.494 e. The van der Waals surface area contributed by atoms with Crippen molar-refractivity contribution in [3.05, 3.63) is 65.9 Å². The number of carbonyl (C=O) groups is 1. The average molecular weight is 628 g/mol. The maximum atomic E-state index is 13.9. The molecular weight excluding hydrogens is 583 g/mol. The molecule has 0 saturated carbocycles. The number of amides is 1. The van der Waals surface area contributed by atoms with Gasteiger partial charge in [-0.2, -0.15) is 13.2 Å². The first-order valence-corrected chi connectivity index (χ1v) is 15.5. The zero-order valence-corrected chi connectivity index (χ0v) is 26.1. The summed E-state index contributed by atoms with van der Waals surface area (Å²) in [6, 6.07) is 13.4. The van der Waals surface area contributed by atoms with Gasteiger partial charge in [-0.3, -0.25) is 9.69 Å². The Morgan fingerprint density at radius 2 is 1.62 bits per heavy atom. The Hall–Kier alpha value is -4.03. The van der Waals surface area contributed by atoms with Gasteiger partial charge in [-0.15, -0.1) is 0 Å². The molecule has 244 valence electrons. The molecule has 45 heavy (non-hydrogen) atoms. The second kappa shape index (κ2) is 16.3. The van der Waals surface area contributed by atoms with Crippen molar-refractivity contribution in [1.82, 2.24) is 15.2 Å². The Labute approximate surface area is 263 Å². The van der Waals surface area contributed by atoms with Crippen molar-refractivity contribution in [1.29, 1.82) is 0 Å². The first-order chi connectivity index (χ1) is 21.7. The first-order valence-electron chi connectivity index (χ1n) is 15.5.